The Morgan fingerprint density at radius 2 is 2.18 bits per heavy atom. The third-order valence-corrected chi connectivity index (χ3v) is 7.06. The summed E-state index contributed by atoms with van der Waals surface area (Å²) < 4.78 is 7.50. The van der Waals surface area contributed by atoms with Gasteiger partial charge in [0.1, 0.15) is 4.83 Å². The lowest BCUT2D eigenvalue weighted by Crippen LogP contribution is -2.36. The maximum Gasteiger partial charge on any atom is 0.263 e. The average Bonchev–Trinajstić information content (AvgIpc) is 3.24. The van der Waals surface area contributed by atoms with Crippen LogP contribution in [0.2, 0.25) is 0 Å². The molecule has 0 aromatic carbocycles. The Bertz CT molecular complexity index is 914. The van der Waals surface area contributed by atoms with E-state index >= 15 is 0 Å². The molecule has 2 aromatic heterocycles. The summed E-state index contributed by atoms with van der Waals surface area (Å²) >= 11 is 2.91. The fourth-order valence-corrected chi connectivity index (χ4v) is 5.60. The predicted molar refractivity (Wildman–Crippen MR) is 116 cm³/mol. The van der Waals surface area contributed by atoms with E-state index in [1.165, 1.54) is 11.8 Å². The van der Waals surface area contributed by atoms with Gasteiger partial charge in [-0.05, 0) is 52.5 Å². The van der Waals surface area contributed by atoms with E-state index in [9.17, 15) is 9.59 Å². The Labute approximate surface area is 174 Å². The van der Waals surface area contributed by atoms with Crippen LogP contribution >= 0.6 is 23.1 Å². The summed E-state index contributed by atoms with van der Waals surface area (Å²) in [5.74, 6) is -0.0466. The minimum atomic E-state index is -0.339. The molecular formula is C20H29N3O3S2. The minimum Gasteiger partial charge on any atom is -0.376 e. The number of hydrogen-bond donors (Lipinski definition) is 1. The summed E-state index contributed by atoms with van der Waals surface area (Å²) in [6.07, 6.45) is 2.80. The molecule has 1 aliphatic heterocycles. The number of carbonyl (C=O) groups is 1. The number of thiophene rings is 1. The summed E-state index contributed by atoms with van der Waals surface area (Å²) in [7, 11) is 0. The smallest absolute Gasteiger partial charge is 0.263 e. The van der Waals surface area contributed by atoms with Crippen molar-refractivity contribution in [2.75, 3.05) is 6.61 Å². The Hall–Kier alpha value is -1.38. The fourth-order valence-electron chi connectivity index (χ4n) is 3.51. The van der Waals surface area contributed by atoms with Gasteiger partial charge in [-0.1, -0.05) is 18.7 Å². The van der Waals surface area contributed by atoms with E-state index in [1.54, 1.807) is 15.9 Å². The van der Waals surface area contributed by atoms with Crippen molar-refractivity contribution in [1.29, 1.82) is 0 Å². The highest BCUT2D eigenvalue weighted by molar-refractivity contribution is 8.00. The third-order valence-electron chi connectivity index (χ3n) is 4.92. The van der Waals surface area contributed by atoms with Crippen LogP contribution in [0.5, 0.6) is 0 Å². The van der Waals surface area contributed by atoms with Crippen LogP contribution in [-0.2, 0) is 22.5 Å². The molecule has 0 radical (unpaired) electrons. The highest BCUT2D eigenvalue weighted by Crippen LogP contribution is 2.31. The first kappa shape index (κ1) is 21.3. The Balaban J connectivity index is 2.03. The lowest BCUT2D eigenvalue weighted by molar-refractivity contribution is -0.120. The Kier molecular flexibility index (Phi) is 6.83. The number of thioether (sulfide) groups is 1. The maximum absolute atomic E-state index is 13.4. The molecular weight excluding hydrogens is 394 g/mol. The van der Waals surface area contributed by atoms with Crippen LogP contribution in [0.15, 0.2) is 9.95 Å². The van der Waals surface area contributed by atoms with Crippen molar-refractivity contribution in [3.05, 3.63) is 20.8 Å². The van der Waals surface area contributed by atoms with Crippen LogP contribution < -0.4 is 10.9 Å². The number of nitrogens with one attached hydrogen (secondary N) is 1. The van der Waals surface area contributed by atoms with Gasteiger partial charge in [0.25, 0.3) is 5.56 Å². The molecule has 3 heterocycles. The van der Waals surface area contributed by atoms with Gasteiger partial charge < -0.3 is 10.1 Å². The van der Waals surface area contributed by atoms with E-state index < -0.39 is 0 Å². The predicted octanol–water partition coefficient (Wildman–Crippen LogP) is 3.51. The molecule has 1 saturated heterocycles. The molecule has 1 N–H and O–H groups in total. The van der Waals surface area contributed by atoms with Crippen molar-refractivity contribution in [3.8, 4) is 0 Å². The highest BCUT2D eigenvalue weighted by atomic mass is 32.2. The summed E-state index contributed by atoms with van der Waals surface area (Å²) in [6, 6.07) is 0.0760. The lowest BCUT2D eigenvalue weighted by atomic mass is 10.1. The van der Waals surface area contributed by atoms with Crippen molar-refractivity contribution in [3.63, 3.8) is 0 Å². The van der Waals surface area contributed by atoms with E-state index in [0.29, 0.717) is 11.7 Å². The van der Waals surface area contributed by atoms with Gasteiger partial charge in [0.15, 0.2) is 5.16 Å². The second kappa shape index (κ2) is 8.97. The van der Waals surface area contributed by atoms with Crippen LogP contribution in [-0.4, -0.2) is 39.5 Å². The zero-order valence-electron chi connectivity index (χ0n) is 17.2. The van der Waals surface area contributed by atoms with Gasteiger partial charge in [0.05, 0.1) is 23.3 Å². The molecule has 8 heteroatoms. The summed E-state index contributed by atoms with van der Waals surface area (Å²) in [5, 5.41) is 3.92. The molecule has 154 valence electrons. The largest absolute Gasteiger partial charge is 0.376 e. The minimum absolute atomic E-state index is 0.0133. The molecule has 2 unspecified atom stereocenters. The number of ether oxygens (including phenoxy) is 1. The van der Waals surface area contributed by atoms with Crippen LogP contribution in [0.25, 0.3) is 10.2 Å². The molecule has 2 atom stereocenters. The molecule has 3 rings (SSSR count). The molecule has 0 saturated carbocycles. The highest BCUT2D eigenvalue weighted by Gasteiger charge is 2.25. The third kappa shape index (κ3) is 4.44. The lowest BCUT2D eigenvalue weighted by Gasteiger charge is -2.18. The van der Waals surface area contributed by atoms with Gasteiger partial charge in [-0.2, -0.15) is 0 Å². The first-order valence-corrected chi connectivity index (χ1v) is 11.6. The monoisotopic (exact) mass is 423 g/mol. The van der Waals surface area contributed by atoms with Crippen molar-refractivity contribution < 1.29 is 9.53 Å². The number of carbonyl (C=O) groups excluding carboxylic acids is 1. The quantitative estimate of drug-likeness (QED) is 0.545. The van der Waals surface area contributed by atoms with Gasteiger partial charge in [-0.3, -0.25) is 14.2 Å². The number of aryl methyl sites for hydroxylation is 2. The number of rotatable bonds is 7. The molecule has 0 spiro atoms. The van der Waals surface area contributed by atoms with Gasteiger partial charge >= 0.3 is 0 Å². The molecule has 2 aromatic rings. The zero-order chi connectivity index (χ0) is 20.4. The number of fused-ring (bicyclic) bond motifs is 1. The number of hydrogen-bond acceptors (Lipinski definition) is 6. The average molecular weight is 424 g/mol. The Morgan fingerprint density at radius 1 is 1.43 bits per heavy atom. The fraction of sp³-hybridized carbons (Fsp3) is 0.650. The number of aromatic nitrogens is 2. The van der Waals surface area contributed by atoms with E-state index in [0.717, 1.165) is 46.5 Å². The van der Waals surface area contributed by atoms with Crippen molar-refractivity contribution in [2.45, 2.75) is 83.0 Å². The Morgan fingerprint density at radius 3 is 2.79 bits per heavy atom. The van der Waals surface area contributed by atoms with Gasteiger partial charge in [0, 0.05) is 17.5 Å². The maximum atomic E-state index is 13.4. The molecule has 1 amide bonds. The standard InChI is InChI=1S/C20H29N3O3S2/c1-6-15-12(4)27-18-16(15)19(25)23(10-14-8-7-9-26-14)20(22-18)28-13(5)17(24)21-11(2)3/h11,13-14H,6-10H2,1-5H3,(H,21,24). The zero-order valence-corrected chi connectivity index (χ0v) is 18.8. The SMILES string of the molecule is CCc1c(C)sc2nc(SC(C)C(=O)NC(C)C)n(CC3CCCO3)c(=O)c12. The molecule has 1 fully saturated rings. The summed E-state index contributed by atoms with van der Waals surface area (Å²) in [6.45, 7) is 11.1. The van der Waals surface area contributed by atoms with Gasteiger partial charge in [-0.25, -0.2) is 4.98 Å². The van der Waals surface area contributed by atoms with E-state index in [2.05, 4.69) is 12.2 Å². The molecule has 0 bridgehead atoms. The summed E-state index contributed by atoms with van der Waals surface area (Å²) in [5.41, 5.74) is 1.07. The van der Waals surface area contributed by atoms with Crippen LogP contribution in [0.4, 0.5) is 0 Å². The first-order chi connectivity index (χ1) is 13.3. The molecule has 1 aliphatic rings. The summed E-state index contributed by atoms with van der Waals surface area (Å²) in [4.78, 5) is 32.5. The van der Waals surface area contributed by atoms with Crippen LogP contribution in [0.3, 0.4) is 0 Å². The topological polar surface area (TPSA) is 73.2 Å². The normalized spacial score (nSPS) is 18.1. The van der Waals surface area contributed by atoms with Crippen molar-refractivity contribution >= 4 is 39.2 Å². The molecule has 6 nitrogen and oxygen atoms in total. The van der Waals surface area contributed by atoms with Crippen molar-refractivity contribution in [2.24, 2.45) is 0 Å². The first-order valence-electron chi connectivity index (χ1n) is 9.93. The van der Waals surface area contributed by atoms with E-state index in [1.807, 2.05) is 27.7 Å². The van der Waals surface area contributed by atoms with Crippen LogP contribution in [0.1, 0.15) is 51.0 Å². The van der Waals surface area contributed by atoms with Gasteiger partial charge in [0.2, 0.25) is 5.91 Å². The van der Waals surface area contributed by atoms with E-state index in [4.69, 9.17) is 9.72 Å². The number of nitrogens with zero attached hydrogens (tertiary/aromatic N) is 2. The van der Waals surface area contributed by atoms with Gasteiger partial charge in [-0.15, -0.1) is 11.3 Å². The molecule has 28 heavy (non-hydrogen) atoms. The molecule has 0 aliphatic carbocycles. The van der Waals surface area contributed by atoms with Crippen molar-refractivity contribution in [1.82, 2.24) is 14.9 Å². The second-order valence-corrected chi connectivity index (χ2v) is 10.1. The second-order valence-electron chi connectivity index (χ2n) is 7.54. The van der Waals surface area contributed by atoms with Crippen LogP contribution in [0, 0.1) is 6.92 Å². The number of amides is 1. The van der Waals surface area contributed by atoms with E-state index in [-0.39, 0.29) is 28.9 Å².